The van der Waals surface area contributed by atoms with Crippen molar-refractivity contribution >= 4 is 63.8 Å². The number of aromatic nitrogens is 1. The van der Waals surface area contributed by atoms with Gasteiger partial charge in [-0.05, 0) is 0 Å². The number of carbonyl (C=O) groups is 5. The number of aliphatic carboxylic acids is 1. The minimum Gasteiger partial charge on any atom is -0.543 e. The second kappa shape index (κ2) is 11.7. The van der Waals surface area contributed by atoms with Crippen LogP contribution in [-0.2, 0) is 28.8 Å². The predicted molar refractivity (Wildman–Crippen MR) is 112 cm³/mol. The number of carboxylic acids is 1. The van der Waals surface area contributed by atoms with Gasteiger partial charge >= 0.3 is 41.6 Å². The number of β-lactam (4-membered cyclic amide) rings is 1. The number of hydrogen-bond acceptors (Lipinski definition) is 13. The van der Waals surface area contributed by atoms with Crippen molar-refractivity contribution in [3.63, 3.8) is 0 Å². The third-order valence-electron chi connectivity index (χ3n) is 4.38. The molecule has 0 radical (unpaired) electrons. The van der Waals surface area contributed by atoms with E-state index in [1.54, 1.807) is 0 Å². The summed E-state index contributed by atoms with van der Waals surface area (Å²) in [6.45, 7) is 0.860. The molecule has 14 nitrogen and oxygen atoms in total. The van der Waals surface area contributed by atoms with Crippen LogP contribution < -0.4 is 51.0 Å². The molecule has 176 valence electrons. The third kappa shape index (κ3) is 5.87. The number of fused-ring (bicyclic) bond motifs is 1. The largest absolute Gasteiger partial charge is 1.00 e. The number of nitrogens with one attached hydrogen (secondary N) is 2. The van der Waals surface area contributed by atoms with E-state index in [4.69, 9.17) is 10.5 Å². The topological polar surface area (TPSA) is 205 Å². The van der Waals surface area contributed by atoms with Gasteiger partial charge in [-0.1, -0.05) is 5.16 Å². The standard InChI is InChI=1S/C17H18N6O8S2.Na/c1-6(24)30-3-7-4-32-14-10(13(26)23(14)11(7)15(27)28)21-12(25)9(22-31-17(29)19-2)8-5-33-16(18)20-8;/h5,10,14H,3-4H2,1-2H3,(H2,18,20)(H,19,29)(H,21,25)(H,27,28);/q;+1/p-1/t10?,14-;/m0./s1. The number of oxime groups is 1. The molecule has 3 amide bonds. The van der Waals surface area contributed by atoms with Crippen molar-refractivity contribution in [2.45, 2.75) is 18.3 Å². The first-order chi connectivity index (χ1) is 15.6. The van der Waals surface area contributed by atoms with E-state index < -0.39 is 52.7 Å². The number of carboxylic acid groups (broad SMARTS) is 1. The Kier molecular flexibility index (Phi) is 9.45. The summed E-state index contributed by atoms with van der Waals surface area (Å²) in [4.78, 5) is 69.1. The maximum atomic E-state index is 12.8. The van der Waals surface area contributed by atoms with Crippen molar-refractivity contribution in [2.24, 2.45) is 5.16 Å². The maximum Gasteiger partial charge on any atom is 1.00 e. The first-order valence-corrected chi connectivity index (χ1v) is 11.1. The molecule has 1 unspecified atom stereocenters. The number of thioether (sulfide) groups is 1. The first-order valence-electron chi connectivity index (χ1n) is 9.14. The number of ether oxygens (including phenoxy) is 1. The van der Waals surface area contributed by atoms with Gasteiger partial charge in [-0.15, -0.1) is 23.1 Å². The summed E-state index contributed by atoms with van der Waals surface area (Å²) in [5, 5.41) is 20.5. The monoisotopic (exact) mass is 520 g/mol. The molecule has 34 heavy (non-hydrogen) atoms. The van der Waals surface area contributed by atoms with E-state index >= 15 is 0 Å². The minimum absolute atomic E-state index is 0. The van der Waals surface area contributed by atoms with Gasteiger partial charge in [-0.2, -0.15) is 0 Å². The van der Waals surface area contributed by atoms with Crippen LogP contribution in [0.25, 0.3) is 0 Å². The van der Waals surface area contributed by atoms with Gasteiger partial charge in [-0.25, -0.2) is 9.78 Å². The van der Waals surface area contributed by atoms with Gasteiger partial charge < -0.3 is 31.0 Å². The quantitative estimate of drug-likeness (QED) is 0.0773. The van der Waals surface area contributed by atoms with Crippen molar-refractivity contribution < 1.29 is 68.2 Å². The summed E-state index contributed by atoms with van der Waals surface area (Å²) in [5.74, 6) is -3.71. The fourth-order valence-corrected chi connectivity index (χ4v) is 4.79. The number of rotatable bonds is 7. The molecule has 2 atom stereocenters. The van der Waals surface area contributed by atoms with E-state index in [1.165, 1.54) is 19.4 Å². The van der Waals surface area contributed by atoms with Crippen LogP contribution in [0.2, 0.25) is 0 Å². The molecule has 1 aromatic heterocycles. The number of nitrogens with two attached hydrogens (primary N) is 1. The molecule has 0 saturated carbocycles. The zero-order valence-electron chi connectivity index (χ0n) is 18.1. The zero-order valence-corrected chi connectivity index (χ0v) is 21.8. The van der Waals surface area contributed by atoms with Crippen LogP contribution in [0.1, 0.15) is 12.6 Å². The van der Waals surface area contributed by atoms with Crippen molar-refractivity contribution in [3.8, 4) is 0 Å². The van der Waals surface area contributed by atoms with E-state index in [0.29, 0.717) is 0 Å². The van der Waals surface area contributed by atoms with Gasteiger partial charge in [0.2, 0.25) is 0 Å². The predicted octanol–water partition coefficient (Wildman–Crippen LogP) is -5.24. The van der Waals surface area contributed by atoms with E-state index in [0.717, 1.165) is 28.0 Å². The van der Waals surface area contributed by atoms with E-state index in [1.807, 2.05) is 0 Å². The van der Waals surface area contributed by atoms with Crippen molar-refractivity contribution in [1.29, 1.82) is 0 Å². The Morgan fingerprint density at radius 2 is 2.09 bits per heavy atom. The molecular weight excluding hydrogens is 503 g/mol. The molecule has 17 heteroatoms. The molecule has 1 fully saturated rings. The summed E-state index contributed by atoms with van der Waals surface area (Å²) >= 11 is 2.18. The van der Waals surface area contributed by atoms with Gasteiger partial charge in [-0.3, -0.25) is 24.1 Å². The fraction of sp³-hybridized carbons (Fsp3) is 0.353. The third-order valence-corrected chi connectivity index (χ3v) is 6.39. The second-order valence-electron chi connectivity index (χ2n) is 6.52. The molecule has 4 N–H and O–H groups in total. The van der Waals surface area contributed by atoms with E-state index in [9.17, 15) is 29.1 Å². The molecule has 3 rings (SSSR count). The van der Waals surface area contributed by atoms with Gasteiger partial charge in [0.25, 0.3) is 11.8 Å². The Balaban J connectivity index is 0.00000408. The van der Waals surface area contributed by atoms with Crippen LogP contribution in [-0.4, -0.2) is 76.3 Å². The number of hydrogen-bond donors (Lipinski definition) is 3. The van der Waals surface area contributed by atoms with Crippen LogP contribution >= 0.6 is 23.1 Å². The number of anilines is 1. The number of nitrogen functional groups attached to an aromatic ring is 1. The van der Waals surface area contributed by atoms with E-state index in [2.05, 4.69) is 25.6 Å². The zero-order chi connectivity index (χ0) is 24.3. The molecule has 0 spiro atoms. The Morgan fingerprint density at radius 3 is 2.65 bits per heavy atom. The van der Waals surface area contributed by atoms with Gasteiger partial charge in [0.15, 0.2) is 10.8 Å². The second-order valence-corrected chi connectivity index (χ2v) is 8.52. The molecule has 0 aromatic carbocycles. The SMILES string of the molecule is CNC(=O)ON=C(C(=O)NC1C(=O)N2C(C(=O)[O-])=C(COC(C)=O)CS[C@@H]12)c1csc(N)n1.[Na+]. The minimum atomic E-state index is -1.61. The Morgan fingerprint density at radius 1 is 1.38 bits per heavy atom. The molecule has 2 aliphatic rings. The summed E-state index contributed by atoms with van der Waals surface area (Å²) in [6, 6.07) is -1.10. The van der Waals surface area contributed by atoms with Crippen LogP contribution in [0.4, 0.5) is 9.93 Å². The molecule has 0 aliphatic carbocycles. The summed E-state index contributed by atoms with van der Waals surface area (Å²) < 4.78 is 4.85. The fourth-order valence-electron chi connectivity index (χ4n) is 2.91. The van der Waals surface area contributed by atoms with Crippen LogP contribution in [0.3, 0.4) is 0 Å². The van der Waals surface area contributed by atoms with Crippen molar-refractivity contribution in [1.82, 2.24) is 20.5 Å². The van der Waals surface area contributed by atoms with Gasteiger partial charge in [0.05, 0.1) is 11.7 Å². The average Bonchev–Trinajstić information content (AvgIpc) is 3.20. The Bertz CT molecular complexity index is 1090. The Labute approximate surface area is 222 Å². The maximum absolute atomic E-state index is 12.8. The van der Waals surface area contributed by atoms with Crippen molar-refractivity contribution in [3.05, 3.63) is 22.3 Å². The normalized spacial score (nSPS) is 19.3. The Hall–Kier alpha value is -2.66. The molecule has 0 bridgehead atoms. The van der Waals surface area contributed by atoms with E-state index in [-0.39, 0.29) is 58.3 Å². The molecule has 1 saturated heterocycles. The average molecular weight is 520 g/mol. The van der Waals surface area contributed by atoms with Crippen LogP contribution in [0.15, 0.2) is 21.8 Å². The van der Waals surface area contributed by atoms with Crippen molar-refractivity contribution in [2.75, 3.05) is 25.1 Å². The first kappa shape index (κ1) is 27.6. The number of amides is 3. The van der Waals surface area contributed by atoms with Gasteiger partial charge in [0.1, 0.15) is 23.7 Å². The number of carbonyl (C=O) groups excluding carboxylic acids is 5. The molecular formula is C17H17N6NaO8S2. The van der Waals surface area contributed by atoms with Crippen LogP contribution in [0.5, 0.6) is 0 Å². The van der Waals surface area contributed by atoms with Crippen LogP contribution in [0, 0.1) is 0 Å². The molecule has 3 heterocycles. The van der Waals surface area contributed by atoms with Gasteiger partial charge in [0, 0.05) is 30.7 Å². The summed E-state index contributed by atoms with van der Waals surface area (Å²) in [7, 11) is 1.29. The molecule has 2 aliphatic heterocycles. The smallest absolute Gasteiger partial charge is 0.543 e. The molecule has 1 aromatic rings. The number of esters is 1. The number of thiazole rings is 1. The summed E-state index contributed by atoms with van der Waals surface area (Å²) in [6.07, 6.45) is -0.943. The summed E-state index contributed by atoms with van der Waals surface area (Å²) in [5.41, 5.74) is 4.98. The number of nitrogens with zero attached hydrogens (tertiary/aromatic N) is 3.